The van der Waals surface area contributed by atoms with Crippen LogP contribution in [0.3, 0.4) is 0 Å². The third-order valence-corrected chi connectivity index (χ3v) is 2.39. The number of rotatable bonds is 6. The number of nitrogen functional groups attached to an aromatic ring is 1. The first-order chi connectivity index (χ1) is 7.27. The lowest BCUT2D eigenvalue weighted by atomic mass is 10.4. The molecule has 1 aromatic heterocycles. The quantitative estimate of drug-likeness (QED) is 0.386. The molecular formula is C8H14FN5S. The van der Waals surface area contributed by atoms with Crippen molar-refractivity contribution in [1.82, 2.24) is 9.97 Å². The highest BCUT2D eigenvalue weighted by atomic mass is 32.2. The molecule has 4 N–H and O–H groups in total. The van der Waals surface area contributed by atoms with Crippen molar-refractivity contribution in [3.8, 4) is 0 Å². The molecule has 0 unspecified atom stereocenters. The first-order valence-corrected chi connectivity index (χ1v) is 5.89. The van der Waals surface area contributed by atoms with Gasteiger partial charge in [-0.3, -0.25) is 5.43 Å². The number of hydrogen-bond donors (Lipinski definition) is 3. The largest absolute Gasteiger partial charge is 0.367 e. The van der Waals surface area contributed by atoms with E-state index in [-0.39, 0.29) is 11.8 Å². The van der Waals surface area contributed by atoms with Crippen molar-refractivity contribution in [2.24, 2.45) is 5.84 Å². The summed E-state index contributed by atoms with van der Waals surface area (Å²) >= 11 is 1.75. The Bertz CT molecular complexity index is 309. The highest BCUT2D eigenvalue weighted by molar-refractivity contribution is 7.98. The lowest BCUT2D eigenvalue weighted by molar-refractivity contribution is 0.617. The Morgan fingerprint density at radius 2 is 2.40 bits per heavy atom. The maximum absolute atomic E-state index is 13.2. The number of thioether (sulfide) groups is 1. The zero-order valence-corrected chi connectivity index (χ0v) is 9.27. The molecule has 0 atom stereocenters. The summed E-state index contributed by atoms with van der Waals surface area (Å²) in [7, 11) is 0. The van der Waals surface area contributed by atoms with Crippen LogP contribution >= 0.6 is 11.8 Å². The minimum atomic E-state index is -0.474. The van der Waals surface area contributed by atoms with Gasteiger partial charge in [0.05, 0.1) is 6.20 Å². The Morgan fingerprint density at radius 1 is 1.60 bits per heavy atom. The minimum Gasteiger partial charge on any atom is -0.367 e. The van der Waals surface area contributed by atoms with Gasteiger partial charge in [-0.15, -0.1) is 0 Å². The molecule has 0 aliphatic rings. The van der Waals surface area contributed by atoms with Crippen molar-refractivity contribution < 1.29 is 4.39 Å². The molecule has 0 saturated heterocycles. The van der Waals surface area contributed by atoms with E-state index < -0.39 is 5.82 Å². The van der Waals surface area contributed by atoms with Crippen LogP contribution < -0.4 is 16.6 Å². The number of anilines is 2. The van der Waals surface area contributed by atoms with Gasteiger partial charge in [-0.05, 0) is 18.4 Å². The summed E-state index contributed by atoms with van der Waals surface area (Å²) in [5, 5.41) is 2.89. The summed E-state index contributed by atoms with van der Waals surface area (Å²) in [6, 6.07) is 0. The molecule has 0 aliphatic heterocycles. The van der Waals surface area contributed by atoms with E-state index in [1.54, 1.807) is 11.8 Å². The first kappa shape index (κ1) is 12.0. The Labute approximate surface area is 92.0 Å². The van der Waals surface area contributed by atoms with E-state index in [9.17, 15) is 4.39 Å². The second kappa shape index (κ2) is 6.41. The average Bonchev–Trinajstić information content (AvgIpc) is 2.26. The van der Waals surface area contributed by atoms with Crippen LogP contribution in [0.1, 0.15) is 6.42 Å². The lowest BCUT2D eigenvalue weighted by Gasteiger charge is -2.06. The number of nitrogens with zero attached hydrogens (tertiary/aromatic N) is 2. The zero-order valence-electron chi connectivity index (χ0n) is 8.46. The molecule has 0 aromatic carbocycles. The molecule has 84 valence electrons. The molecule has 0 amide bonds. The van der Waals surface area contributed by atoms with Crippen molar-refractivity contribution in [2.45, 2.75) is 6.42 Å². The highest BCUT2D eigenvalue weighted by Gasteiger charge is 2.04. The zero-order chi connectivity index (χ0) is 11.1. The number of aromatic nitrogens is 2. The fraction of sp³-hybridized carbons (Fsp3) is 0.500. The second-order valence-electron chi connectivity index (χ2n) is 2.81. The predicted octanol–water partition coefficient (Wildman–Crippen LogP) is 1.07. The Hall–Kier alpha value is -1.08. The Morgan fingerprint density at radius 3 is 3.07 bits per heavy atom. The number of halogens is 1. The van der Waals surface area contributed by atoms with Gasteiger partial charge in [-0.2, -0.15) is 16.7 Å². The molecular weight excluding hydrogens is 217 g/mol. The van der Waals surface area contributed by atoms with Crippen LogP contribution in [-0.2, 0) is 0 Å². The van der Waals surface area contributed by atoms with Gasteiger partial charge < -0.3 is 5.32 Å². The van der Waals surface area contributed by atoms with Crippen LogP contribution in [0.2, 0.25) is 0 Å². The Balaban J connectivity index is 2.51. The van der Waals surface area contributed by atoms with Gasteiger partial charge in [0.1, 0.15) is 0 Å². The standard InChI is InChI=1S/C8H14FN5S/c1-15-4-2-3-11-7-6(9)5-12-8(13-7)14-10/h5H,2-4,10H2,1H3,(H2,11,12,13,14). The number of hydrazine groups is 1. The number of hydrogen-bond acceptors (Lipinski definition) is 6. The van der Waals surface area contributed by atoms with Crippen LogP contribution in [0.25, 0.3) is 0 Å². The SMILES string of the molecule is CSCCCNc1nc(NN)ncc1F. The molecule has 7 heteroatoms. The molecule has 0 spiro atoms. The van der Waals surface area contributed by atoms with Gasteiger partial charge in [0.25, 0.3) is 0 Å². The van der Waals surface area contributed by atoms with Gasteiger partial charge in [0, 0.05) is 6.54 Å². The van der Waals surface area contributed by atoms with Crippen LogP contribution in [-0.4, -0.2) is 28.5 Å². The molecule has 15 heavy (non-hydrogen) atoms. The van der Waals surface area contributed by atoms with Gasteiger partial charge in [-0.1, -0.05) is 0 Å². The topological polar surface area (TPSA) is 75.9 Å². The minimum absolute atomic E-state index is 0.180. The smallest absolute Gasteiger partial charge is 0.239 e. The van der Waals surface area contributed by atoms with Crippen LogP contribution in [0.5, 0.6) is 0 Å². The maximum Gasteiger partial charge on any atom is 0.239 e. The molecule has 0 fully saturated rings. The highest BCUT2D eigenvalue weighted by Crippen LogP contribution is 2.11. The summed E-state index contributed by atoms with van der Waals surface area (Å²) < 4.78 is 13.2. The summed E-state index contributed by atoms with van der Waals surface area (Å²) in [5.74, 6) is 6.05. The van der Waals surface area contributed by atoms with E-state index >= 15 is 0 Å². The van der Waals surface area contributed by atoms with E-state index in [4.69, 9.17) is 5.84 Å². The van der Waals surface area contributed by atoms with Crippen LogP contribution in [0.15, 0.2) is 6.20 Å². The van der Waals surface area contributed by atoms with E-state index in [2.05, 4.69) is 20.7 Å². The molecule has 0 saturated carbocycles. The van der Waals surface area contributed by atoms with Crippen LogP contribution in [0, 0.1) is 5.82 Å². The number of nitrogens with one attached hydrogen (secondary N) is 2. The Kier molecular flexibility index (Phi) is 5.13. The molecule has 0 bridgehead atoms. The first-order valence-electron chi connectivity index (χ1n) is 4.50. The van der Waals surface area contributed by atoms with E-state index in [0.717, 1.165) is 18.4 Å². The van der Waals surface area contributed by atoms with Crippen LogP contribution in [0.4, 0.5) is 16.2 Å². The third-order valence-electron chi connectivity index (χ3n) is 1.69. The molecule has 1 heterocycles. The molecule has 0 aliphatic carbocycles. The van der Waals surface area contributed by atoms with Gasteiger partial charge in [0.2, 0.25) is 5.95 Å². The van der Waals surface area contributed by atoms with Crippen molar-refractivity contribution in [3.63, 3.8) is 0 Å². The van der Waals surface area contributed by atoms with E-state index in [1.807, 2.05) is 6.26 Å². The molecule has 5 nitrogen and oxygen atoms in total. The average molecular weight is 231 g/mol. The normalized spacial score (nSPS) is 10.1. The van der Waals surface area contributed by atoms with E-state index in [1.165, 1.54) is 0 Å². The third kappa shape index (κ3) is 3.88. The number of nitrogens with two attached hydrogens (primary N) is 1. The molecule has 1 aromatic rings. The fourth-order valence-electron chi connectivity index (χ4n) is 0.984. The summed E-state index contributed by atoms with van der Waals surface area (Å²) in [6.07, 6.45) is 4.07. The maximum atomic E-state index is 13.2. The van der Waals surface area contributed by atoms with Gasteiger partial charge in [0.15, 0.2) is 11.6 Å². The summed E-state index contributed by atoms with van der Waals surface area (Å²) in [6.45, 7) is 0.679. The van der Waals surface area contributed by atoms with Crippen molar-refractivity contribution >= 4 is 23.5 Å². The fourth-order valence-corrected chi connectivity index (χ4v) is 1.42. The van der Waals surface area contributed by atoms with E-state index in [0.29, 0.717) is 6.54 Å². The van der Waals surface area contributed by atoms with Gasteiger partial charge >= 0.3 is 0 Å². The molecule has 0 radical (unpaired) electrons. The van der Waals surface area contributed by atoms with Gasteiger partial charge in [-0.25, -0.2) is 15.2 Å². The summed E-state index contributed by atoms with van der Waals surface area (Å²) in [4.78, 5) is 7.48. The molecule has 1 rings (SSSR count). The monoisotopic (exact) mass is 231 g/mol. The van der Waals surface area contributed by atoms with Crippen molar-refractivity contribution in [3.05, 3.63) is 12.0 Å². The van der Waals surface area contributed by atoms with Crippen molar-refractivity contribution in [2.75, 3.05) is 29.3 Å². The van der Waals surface area contributed by atoms with Crippen molar-refractivity contribution in [1.29, 1.82) is 0 Å². The lowest BCUT2D eigenvalue weighted by Crippen LogP contribution is -2.13. The summed E-state index contributed by atoms with van der Waals surface area (Å²) in [5.41, 5.74) is 2.26. The predicted molar refractivity (Wildman–Crippen MR) is 61.3 cm³/mol. The second-order valence-corrected chi connectivity index (χ2v) is 3.79.